The highest BCUT2D eigenvalue weighted by atomic mass is 32.2. The monoisotopic (exact) mass is 348 g/mol. The number of hydrogen-bond acceptors (Lipinski definition) is 4. The minimum absolute atomic E-state index is 0.0426. The maximum atomic E-state index is 12.2. The molecular weight excluding hydrogens is 312 g/mol. The first-order chi connectivity index (χ1) is 10.7. The van der Waals surface area contributed by atoms with Crippen LogP contribution in [0.15, 0.2) is 0 Å². The molecule has 0 aromatic carbocycles. The normalized spacial score (nSPS) is 13.7. The first kappa shape index (κ1) is 22.5. The van der Waals surface area contributed by atoms with Crippen molar-refractivity contribution in [2.45, 2.75) is 85.2 Å². The fourth-order valence-electron chi connectivity index (χ4n) is 2.40. The fourth-order valence-corrected chi connectivity index (χ4v) is 3.55. The molecule has 0 unspecified atom stereocenters. The van der Waals surface area contributed by atoms with Crippen LogP contribution in [0.25, 0.3) is 0 Å². The molecule has 0 saturated heterocycles. The molecule has 23 heavy (non-hydrogen) atoms. The number of ketones is 1. The molecule has 0 bridgehead atoms. The molecule has 0 aromatic rings. The minimum atomic E-state index is -3.31. The zero-order valence-electron chi connectivity index (χ0n) is 15.5. The van der Waals surface area contributed by atoms with Crippen LogP contribution in [0.3, 0.4) is 0 Å². The van der Waals surface area contributed by atoms with Crippen molar-refractivity contribution in [2.75, 3.05) is 12.3 Å². The van der Waals surface area contributed by atoms with Crippen LogP contribution in [0, 0.1) is 5.92 Å². The highest BCUT2D eigenvalue weighted by Crippen LogP contribution is 2.06. The van der Waals surface area contributed by atoms with E-state index in [0.717, 1.165) is 12.8 Å². The highest BCUT2D eigenvalue weighted by Gasteiger charge is 2.23. The quantitative estimate of drug-likeness (QED) is 0.473. The van der Waals surface area contributed by atoms with E-state index < -0.39 is 16.1 Å². The van der Waals surface area contributed by atoms with Crippen molar-refractivity contribution in [2.24, 2.45) is 5.92 Å². The van der Waals surface area contributed by atoms with Crippen LogP contribution in [-0.4, -0.2) is 38.6 Å². The maximum absolute atomic E-state index is 12.2. The van der Waals surface area contributed by atoms with Gasteiger partial charge in [-0.3, -0.25) is 4.79 Å². The average Bonchev–Trinajstić information content (AvgIpc) is 2.46. The lowest BCUT2D eigenvalue weighted by molar-refractivity contribution is -0.123. The third kappa shape index (κ3) is 11.7. The van der Waals surface area contributed by atoms with E-state index in [9.17, 15) is 13.2 Å². The second kappa shape index (κ2) is 12.0. The zero-order chi connectivity index (χ0) is 17.9. The van der Waals surface area contributed by atoms with E-state index in [0.29, 0.717) is 6.42 Å². The Kier molecular flexibility index (Phi) is 11.7. The van der Waals surface area contributed by atoms with Crippen molar-refractivity contribution >= 4 is 15.8 Å². The summed E-state index contributed by atoms with van der Waals surface area (Å²) in [6.07, 6.45) is 6.29. The Labute approximate surface area is 143 Å². The molecule has 6 heteroatoms. The molecule has 0 aliphatic rings. The molecule has 5 nitrogen and oxygen atoms in total. The number of nitrogens with one attached hydrogen (secondary N) is 2. The third-order valence-electron chi connectivity index (χ3n) is 3.72. The summed E-state index contributed by atoms with van der Waals surface area (Å²) in [6.45, 7) is 9.86. The van der Waals surface area contributed by atoms with E-state index in [2.05, 4.69) is 17.0 Å². The molecule has 2 N–H and O–H groups in total. The van der Waals surface area contributed by atoms with E-state index in [1.807, 2.05) is 27.7 Å². The van der Waals surface area contributed by atoms with Gasteiger partial charge in [-0.15, -0.1) is 0 Å². The maximum Gasteiger partial charge on any atom is 0.211 e. The number of unbranched alkanes of at least 4 members (excludes halogenated alkanes) is 5. The summed E-state index contributed by atoms with van der Waals surface area (Å²) >= 11 is 0. The lowest BCUT2D eigenvalue weighted by Gasteiger charge is -2.22. The average molecular weight is 349 g/mol. The van der Waals surface area contributed by atoms with E-state index in [4.69, 9.17) is 0 Å². The van der Waals surface area contributed by atoms with Crippen LogP contribution in [0.1, 0.15) is 73.1 Å². The number of rotatable bonds is 14. The number of carbonyl (C=O) groups excluding carboxylic acids is 1. The Morgan fingerprint density at radius 3 is 2.04 bits per heavy atom. The number of hydrogen-bond donors (Lipinski definition) is 2. The van der Waals surface area contributed by atoms with Crippen molar-refractivity contribution in [3.63, 3.8) is 0 Å². The topological polar surface area (TPSA) is 75.3 Å². The summed E-state index contributed by atoms with van der Waals surface area (Å²) in [5, 5.41) is 3.15. The lowest BCUT2D eigenvalue weighted by Crippen LogP contribution is -2.50. The summed E-state index contributed by atoms with van der Waals surface area (Å²) in [5.41, 5.74) is 0. The van der Waals surface area contributed by atoms with Crippen molar-refractivity contribution in [3.8, 4) is 0 Å². The molecule has 1 atom stereocenters. The summed E-state index contributed by atoms with van der Waals surface area (Å²) < 4.78 is 26.7. The van der Waals surface area contributed by atoms with Crippen molar-refractivity contribution in [1.29, 1.82) is 0 Å². The second-order valence-electron chi connectivity index (χ2n) is 6.87. The molecule has 0 rings (SSSR count). The van der Waals surface area contributed by atoms with Gasteiger partial charge in [-0.2, -0.15) is 0 Å². The van der Waals surface area contributed by atoms with Crippen LogP contribution in [0.4, 0.5) is 0 Å². The molecule has 0 aliphatic carbocycles. The Morgan fingerprint density at radius 1 is 0.957 bits per heavy atom. The van der Waals surface area contributed by atoms with Crippen molar-refractivity contribution in [3.05, 3.63) is 0 Å². The number of Topliss-reactive ketones (excluding diaryl/α,β-unsaturated/α-hetero) is 1. The molecule has 138 valence electrons. The van der Waals surface area contributed by atoms with Crippen LogP contribution in [0.2, 0.25) is 0 Å². The van der Waals surface area contributed by atoms with Crippen LogP contribution < -0.4 is 10.0 Å². The predicted molar refractivity (Wildman–Crippen MR) is 97.1 cm³/mol. The smallest absolute Gasteiger partial charge is 0.211 e. The van der Waals surface area contributed by atoms with E-state index in [1.54, 1.807) is 0 Å². The number of sulfonamides is 1. The van der Waals surface area contributed by atoms with Crippen LogP contribution in [0.5, 0.6) is 0 Å². The van der Waals surface area contributed by atoms with Crippen LogP contribution in [-0.2, 0) is 14.8 Å². The summed E-state index contributed by atoms with van der Waals surface area (Å²) in [7, 11) is -3.31. The molecule has 0 aliphatic heterocycles. The zero-order valence-corrected chi connectivity index (χ0v) is 16.3. The van der Waals surface area contributed by atoms with Gasteiger partial charge in [0.2, 0.25) is 10.0 Å². The molecule has 0 radical (unpaired) electrons. The molecular formula is C17H36N2O3S. The highest BCUT2D eigenvalue weighted by molar-refractivity contribution is 7.89. The Morgan fingerprint density at radius 2 is 1.52 bits per heavy atom. The van der Waals surface area contributed by atoms with Gasteiger partial charge in [-0.05, 0) is 6.42 Å². The van der Waals surface area contributed by atoms with Crippen LogP contribution >= 0.6 is 0 Å². The van der Waals surface area contributed by atoms with Gasteiger partial charge in [0.25, 0.3) is 0 Å². The van der Waals surface area contributed by atoms with Gasteiger partial charge in [0.05, 0.1) is 11.8 Å². The van der Waals surface area contributed by atoms with Gasteiger partial charge < -0.3 is 5.32 Å². The first-order valence-corrected chi connectivity index (χ1v) is 10.6. The van der Waals surface area contributed by atoms with Crippen molar-refractivity contribution in [1.82, 2.24) is 10.0 Å². The molecule has 0 amide bonds. The summed E-state index contributed by atoms with van der Waals surface area (Å²) in [4.78, 5) is 12.2. The second-order valence-corrected chi connectivity index (χ2v) is 8.79. The molecule has 0 spiro atoms. The minimum Gasteiger partial charge on any atom is -0.304 e. The fraction of sp³-hybridized carbons (Fsp3) is 0.941. The van der Waals surface area contributed by atoms with Gasteiger partial charge in [-0.25, -0.2) is 13.1 Å². The Bertz CT molecular complexity index is 420. The summed E-state index contributed by atoms with van der Waals surface area (Å²) in [5.74, 6) is 0.0684. The molecule has 0 fully saturated rings. The molecule has 0 saturated carbocycles. The van der Waals surface area contributed by atoms with Gasteiger partial charge in [0, 0.05) is 18.5 Å². The van der Waals surface area contributed by atoms with E-state index in [-0.39, 0.29) is 30.0 Å². The molecule has 0 heterocycles. The van der Waals surface area contributed by atoms with E-state index >= 15 is 0 Å². The SMILES string of the molecule is CCCCCCCCS(=O)(=O)NC[C@H](NC(C)C)C(=O)C(C)C. The van der Waals surface area contributed by atoms with Gasteiger partial charge in [0.1, 0.15) is 0 Å². The Hall–Kier alpha value is -0.460. The van der Waals surface area contributed by atoms with E-state index in [1.165, 1.54) is 19.3 Å². The van der Waals surface area contributed by atoms with Gasteiger partial charge >= 0.3 is 0 Å². The van der Waals surface area contributed by atoms with Gasteiger partial charge in [0.15, 0.2) is 5.78 Å². The largest absolute Gasteiger partial charge is 0.304 e. The Balaban J connectivity index is 4.27. The lowest BCUT2D eigenvalue weighted by atomic mass is 10.0. The third-order valence-corrected chi connectivity index (χ3v) is 5.15. The summed E-state index contributed by atoms with van der Waals surface area (Å²) in [6, 6.07) is -0.333. The molecule has 0 aromatic heterocycles. The van der Waals surface area contributed by atoms with Gasteiger partial charge in [-0.1, -0.05) is 66.7 Å². The predicted octanol–water partition coefficient (Wildman–Crippen LogP) is 2.86. The van der Waals surface area contributed by atoms with Crippen molar-refractivity contribution < 1.29 is 13.2 Å². The first-order valence-electron chi connectivity index (χ1n) is 8.96. The number of carbonyl (C=O) groups is 1. The standard InChI is InChI=1S/C17H36N2O3S/c1-6-7-8-9-10-11-12-23(21,22)18-13-16(19-15(4)5)17(20)14(2)3/h14-16,18-19H,6-13H2,1-5H3/t16-/m0/s1.